The van der Waals surface area contributed by atoms with E-state index in [0.29, 0.717) is 43.5 Å². The van der Waals surface area contributed by atoms with Gasteiger partial charge in [-0.25, -0.2) is 15.4 Å². The SMILES string of the molecule is Cc1nc(C2CCCN(C(=O)CCC3=NNC(=O)CC3)C2)ncc1C(=O)N1CCCCC1. The molecule has 2 saturated heterocycles. The Morgan fingerprint density at radius 3 is 2.59 bits per heavy atom. The van der Waals surface area contributed by atoms with Gasteiger partial charge in [-0.1, -0.05) is 0 Å². The Morgan fingerprint density at radius 1 is 1.09 bits per heavy atom. The molecule has 0 aliphatic carbocycles. The van der Waals surface area contributed by atoms with Crippen LogP contribution in [0.2, 0.25) is 0 Å². The summed E-state index contributed by atoms with van der Waals surface area (Å²) < 4.78 is 0. The number of carbonyl (C=O) groups excluding carboxylic acids is 3. The average Bonchev–Trinajstić information content (AvgIpc) is 2.83. The molecule has 3 amide bonds. The van der Waals surface area contributed by atoms with Gasteiger partial charge in [0.15, 0.2) is 0 Å². The molecule has 0 aromatic carbocycles. The van der Waals surface area contributed by atoms with Crippen molar-refractivity contribution in [3.05, 3.63) is 23.3 Å². The van der Waals surface area contributed by atoms with Gasteiger partial charge in [0.05, 0.1) is 11.3 Å². The Morgan fingerprint density at radius 2 is 1.88 bits per heavy atom. The average molecular weight is 441 g/mol. The highest BCUT2D eigenvalue weighted by atomic mass is 16.2. The normalized spacial score (nSPS) is 21.7. The number of nitrogens with zero attached hydrogens (tertiary/aromatic N) is 5. The number of amides is 3. The van der Waals surface area contributed by atoms with Gasteiger partial charge < -0.3 is 9.80 Å². The molecule has 1 atom stereocenters. The van der Waals surface area contributed by atoms with Crippen LogP contribution in [0, 0.1) is 6.92 Å². The van der Waals surface area contributed by atoms with Crippen molar-refractivity contribution < 1.29 is 14.4 Å². The van der Waals surface area contributed by atoms with E-state index < -0.39 is 0 Å². The Kier molecular flexibility index (Phi) is 7.12. The fraction of sp³-hybridized carbons (Fsp3) is 0.652. The van der Waals surface area contributed by atoms with E-state index in [9.17, 15) is 14.4 Å². The standard InChI is InChI=1S/C23H32N6O3/c1-16-19(23(32)28-11-3-2-4-12-28)14-24-22(25-16)17-6-5-13-29(15-17)21(31)10-8-18-7-9-20(30)27-26-18/h14,17H,2-13,15H2,1H3,(H,27,30). The molecule has 9 nitrogen and oxygen atoms in total. The molecule has 0 bridgehead atoms. The predicted octanol–water partition coefficient (Wildman–Crippen LogP) is 2.16. The number of carbonyl (C=O) groups is 3. The summed E-state index contributed by atoms with van der Waals surface area (Å²) in [6.45, 7) is 4.82. The molecule has 4 heterocycles. The van der Waals surface area contributed by atoms with Gasteiger partial charge in [-0.05, 0) is 51.9 Å². The van der Waals surface area contributed by atoms with Crippen molar-refractivity contribution in [3.63, 3.8) is 0 Å². The number of piperidine rings is 2. The zero-order valence-corrected chi connectivity index (χ0v) is 18.8. The Bertz CT molecular complexity index is 909. The quantitative estimate of drug-likeness (QED) is 0.755. The minimum atomic E-state index is -0.0714. The maximum Gasteiger partial charge on any atom is 0.257 e. The number of hydrogen-bond acceptors (Lipinski definition) is 6. The van der Waals surface area contributed by atoms with Crippen molar-refractivity contribution in [1.82, 2.24) is 25.2 Å². The van der Waals surface area contributed by atoms with Gasteiger partial charge in [-0.15, -0.1) is 0 Å². The summed E-state index contributed by atoms with van der Waals surface area (Å²) in [7, 11) is 0. The van der Waals surface area contributed by atoms with E-state index in [-0.39, 0.29) is 23.6 Å². The van der Waals surface area contributed by atoms with Crippen LogP contribution >= 0.6 is 0 Å². The maximum absolute atomic E-state index is 12.8. The van der Waals surface area contributed by atoms with Gasteiger partial charge in [0, 0.05) is 56.8 Å². The van der Waals surface area contributed by atoms with E-state index in [4.69, 9.17) is 0 Å². The maximum atomic E-state index is 12.8. The van der Waals surface area contributed by atoms with E-state index in [1.165, 1.54) is 6.42 Å². The second kappa shape index (κ2) is 10.2. The van der Waals surface area contributed by atoms with E-state index in [2.05, 4.69) is 20.5 Å². The molecule has 0 saturated carbocycles. The Labute approximate surface area is 188 Å². The highest BCUT2D eigenvalue weighted by Gasteiger charge is 2.28. The van der Waals surface area contributed by atoms with Crippen LogP contribution in [0.3, 0.4) is 0 Å². The summed E-state index contributed by atoms with van der Waals surface area (Å²) in [5.41, 5.74) is 4.65. The lowest BCUT2D eigenvalue weighted by molar-refractivity contribution is -0.132. The minimum Gasteiger partial charge on any atom is -0.342 e. The second-order valence-electron chi connectivity index (χ2n) is 8.97. The van der Waals surface area contributed by atoms with Crippen molar-refractivity contribution >= 4 is 23.4 Å². The first-order chi connectivity index (χ1) is 15.5. The van der Waals surface area contributed by atoms with Gasteiger partial charge in [0.25, 0.3) is 5.91 Å². The van der Waals surface area contributed by atoms with Crippen LogP contribution in [0.15, 0.2) is 11.3 Å². The fourth-order valence-electron chi connectivity index (χ4n) is 4.67. The minimum absolute atomic E-state index is 0.0241. The molecule has 1 N–H and O–H groups in total. The summed E-state index contributed by atoms with van der Waals surface area (Å²) >= 11 is 0. The van der Waals surface area contributed by atoms with Gasteiger partial charge in [-0.3, -0.25) is 14.4 Å². The van der Waals surface area contributed by atoms with Crippen molar-refractivity contribution in [2.75, 3.05) is 26.2 Å². The van der Waals surface area contributed by atoms with Crippen LogP contribution in [0.4, 0.5) is 0 Å². The third-order valence-electron chi connectivity index (χ3n) is 6.62. The number of hydrogen-bond donors (Lipinski definition) is 1. The predicted molar refractivity (Wildman–Crippen MR) is 119 cm³/mol. The van der Waals surface area contributed by atoms with Crippen LogP contribution in [0.25, 0.3) is 0 Å². The van der Waals surface area contributed by atoms with Crippen molar-refractivity contribution in [2.24, 2.45) is 5.10 Å². The summed E-state index contributed by atoms with van der Waals surface area (Å²) in [6, 6.07) is 0. The van der Waals surface area contributed by atoms with Crippen LogP contribution in [0.5, 0.6) is 0 Å². The Balaban J connectivity index is 1.35. The summed E-state index contributed by atoms with van der Waals surface area (Å²) in [6.07, 6.45) is 8.82. The highest BCUT2D eigenvalue weighted by Crippen LogP contribution is 2.26. The lowest BCUT2D eigenvalue weighted by Crippen LogP contribution is -2.40. The fourth-order valence-corrected chi connectivity index (χ4v) is 4.67. The first kappa shape index (κ1) is 22.4. The van der Waals surface area contributed by atoms with E-state index in [1.54, 1.807) is 6.20 Å². The number of hydrazone groups is 1. The van der Waals surface area contributed by atoms with E-state index in [1.807, 2.05) is 16.7 Å². The zero-order valence-electron chi connectivity index (χ0n) is 18.8. The molecule has 2 fully saturated rings. The van der Waals surface area contributed by atoms with Gasteiger partial charge in [0.2, 0.25) is 11.8 Å². The molecule has 1 unspecified atom stereocenters. The third kappa shape index (κ3) is 5.31. The molecule has 1 aromatic rings. The number of likely N-dealkylation sites (tertiary alicyclic amines) is 2. The second-order valence-corrected chi connectivity index (χ2v) is 8.97. The van der Waals surface area contributed by atoms with E-state index in [0.717, 1.165) is 56.9 Å². The van der Waals surface area contributed by atoms with Gasteiger partial charge >= 0.3 is 0 Å². The number of aryl methyl sites for hydroxylation is 1. The van der Waals surface area contributed by atoms with Crippen LogP contribution in [0.1, 0.15) is 85.6 Å². The van der Waals surface area contributed by atoms with Gasteiger partial charge in [0.1, 0.15) is 5.82 Å². The molecule has 1 aromatic heterocycles. The molecular weight excluding hydrogens is 408 g/mol. The van der Waals surface area contributed by atoms with Crippen molar-refractivity contribution in [2.45, 2.75) is 70.6 Å². The lowest BCUT2D eigenvalue weighted by atomic mass is 9.96. The largest absolute Gasteiger partial charge is 0.342 e. The molecular formula is C23H32N6O3. The van der Waals surface area contributed by atoms with Crippen molar-refractivity contribution in [3.8, 4) is 0 Å². The molecule has 3 aliphatic heterocycles. The monoisotopic (exact) mass is 440 g/mol. The van der Waals surface area contributed by atoms with Crippen LogP contribution in [-0.4, -0.2) is 69.4 Å². The van der Waals surface area contributed by atoms with E-state index >= 15 is 0 Å². The van der Waals surface area contributed by atoms with Crippen LogP contribution in [-0.2, 0) is 9.59 Å². The van der Waals surface area contributed by atoms with Crippen LogP contribution < -0.4 is 5.43 Å². The summed E-state index contributed by atoms with van der Waals surface area (Å²) in [5.74, 6) is 0.850. The number of aromatic nitrogens is 2. The smallest absolute Gasteiger partial charge is 0.257 e. The third-order valence-corrected chi connectivity index (χ3v) is 6.62. The highest BCUT2D eigenvalue weighted by molar-refractivity contribution is 5.95. The van der Waals surface area contributed by atoms with Gasteiger partial charge in [-0.2, -0.15) is 5.10 Å². The first-order valence-electron chi connectivity index (χ1n) is 11.8. The molecule has 9 heteroatoms. The molecule has 0 radical (unpaired) electrons. The summed E-state index contributed by atoms with van der Waals surface area (Å²) in [5, 5.41) is 4.05. The molecule has 0 spiro atoms. The lowest BCUT2D eigenvalue weighted by Gasteiger charge is -2.32. The molecule has 4 rings (SSSR count). The molecule has 172 valence electrons. The van der Waals surface area contributed by atoms with Crippen molar-refractivity contribution in [1.29, 1.82) is 0 Å². The zero-order chi connectivity index (χ0) is 22.5. The number of nitrogens with one attached hydrogen (secondary N) is 1. The summed E-state index contributed by atoms with van der Waals surface area (Å²) in [4.78, 5) is 49.8. The molecule has 32 heavy (non-hydrogen) atoms. The Hall–Kier alpha value is -2.84. The topological polar surface area (TPSA) is 108 Å². The molecule has 3 aliphatic rings. The number of rotatable bonds is 5. The first-order valence-corrected chi connectivity index (χ1v) is 11.8.